The van der Waals surface area contributed by atoms with E-state index in [2.05, 4.69) is 5.32 Å². The van der Waals surface area contributed by atoms with E-state index < -0.39 is 16.9 Å². The van der Waals surface area contributed by atoms with Gasteiger partial charge in [-0.25, -0.2) is 9.18 Å². The number of carbonyl (C=O) groups excluding carboxylic acids is 1. The second-order valence-electron chi connectivity index (χ2n) is 5.53. The first kappa shape index (κ1) is 16.9. The molecule has 0 unspecified atom stereocenters. The Hall–Kier alpha value is -1.43. The molecule has 1 fully saturated rings. The normalized spacial score (nSPS) is 21.4. The van der Waals surface area contributed by atoms with Gasteiger partial charge in [-0.2, -0.15) is 0 Å². The molecule has 1 amide bonds. The molecule has 0 radical (unpaired) electrons. The summed E-state index contributed by atoms with van der Waals surface area (Å²) in [6, 6.07) is 3.33. The number of hydrogen-bond acceptors (Lipinski definition) is 3. The lowest BCUT2D eigenvalue weighted by Crippen LogP contribution is -2.27. The number of halogens is 1. The van der Waals surface area contributed by atoms with Gasteiger partial charge >= 0.3 is 6.09 Å². The van der Waals surface area contributed by atoms with Gasteiger partial charge in [0.05, 0.1) is 0 Å². The van der Waals surface area contributed by atoms with Crippen LogP contribution in [0.15, 0.2) is 12.1 Å². The van der Waals surface area contributed by atoms with E-state index in [9.17, 15) is 13.4 Å². The Morgan fingerprint density at radius 3 is 2.73 bits per heavy atom. The Kier molecular flexibility index (Phi) is 5.94. The van der Waals surface area contributed by atoms with Crippen LogP contribution in [0, 0.1) is 12.7 Å². The highest BCUT2D eigenvalue weighted by Crippen LogP contribution is 2.33. The Balaban J connectivity index is 2.11. The zero-order chi connectivity index (χ0) is 16.1. The second-order valence-corrected chi connectivity index (χ2v) is 7.23. The van der Waals surface area contributed by atoms with Crippen LogP contribution in [0.4, 0.5) is 9.18 Å². The fourth-order valence-electron chi connectivity index (χ4n) is 2.58. The fourth-order valence-corrected chi connectivity index (χ4v) is 3.88. The Morgan fingerprint density at radius 1 is 1.41 bits per heavy atom. The van der Waals surface area contributed by atoms with Crippen LogP contribution in [0.5, 0.6) is 5.75 Å². The molecule has 0 aromatic heterocycles. The van der Waals surface area contributed by atoms with Gasteiger partial charge in [0.1, 0.15) is 11.6 Å². The Labute approximate surface area is 132 Å². The van der Waals surface area contributed by atoms with Crippen molar-refractivity contribution in [2.75, 3.05) is 18.1 Å². The predicted molar refractivity (Wildman–Crippen MR) is 85.3 cm³/mol. The maximum atomic E-state index is 14.6. The van der Waals surface area contributed by atoms with Crippen molar-refractivity contribution in [3.8, 4) is 5.75 Å². The molecule has 4 nitrogen and oxygen atoms in total. The summed E-state index contributed by atoms with van der Waals surface area (Å²) in [7, 11) is -0.762. The van der Waals surface area contributed by atoms with Crippen LogP contribution in [0.1, 0.15) is 43.2 Å². The van der Waals surface area contributed by atoms with Crippen LogP contribution in [0.3, 0.4) is 0 Å². The van der Waals surface area contributed by atoms with Crippen LogP contribution < -0.4 is 10.1 Å². The quantitative estimate of drug-likeness (QED) is 0.923. The van der Waals surface area contributed by atoms with Gasteiger partial charge in [0, 0.05) is 34.4 Å². The average Bonchev–Trinajstić information content (AvgIpc) is 2.51. The zero-order valence-electron chi connectivity index (χ0n) is 13.0. The van der Waals surface area contributed by atoms with E-state index in [1.54, 1.807) is 19.1 Å². The van der Waals surface area contributed by atoms with Crippen molar-refractivity contribution in [1.29, 1.82) is 0 Å². The fraction of sp³-hybridized carbons (Fsp3) is 0.562. The number of carbonyl (C=O) groups is 1. The van der Waals surface area contributed by atoms with Gasteiger partial charge in [0.15, 0.2) is 0 Å². The van der Waals surface area contributed by atoms with E-state index in [4.69, 9.17) is 4.74 Å². The molecular weight excluding hydrogens is 305 g/mol. The monoisotopic (exact) mass is 327 g/mol. The molecule has 122 valence electrons. The molecular formula is C16H22FNO3S. The van der Waals surface area contributed by atoms with Crippen molar-refractivity contribution in [3.05, 3.63) is 29.1 Å². The molecule has 1 aliphatic heterocycles. The van der Waals surface area contributed by atoms with E-state index in [0.717, 1.165) is 19.3 Å². The van der Waals surface area contributed by atoms with Crippen LogP contribution in [-0.2, 0) is 10.8 Å². The third kappa shape index (κ3) is 4.06. The maximum Gasteiger partial charge on any atom is 0.412 e. The molecule has 22 heavy (non-hydrogen) atoms. The van der Waals surface area contributed by atoms with Gasteiger partial charge in [0.25, 0.3) is 0 Å². The van der Waals surface area contributed by atoms with Gasteiger partial charge in [-0.05, 0) is 43.7 Å². The molecule has 6 heteroatoms. The smallest absolute Gasteiger partial charge is 0.410 e. The van der Waals surface area contributed by atoms with Gasteiger partial charge in [-0.3, -0.25) is 4.21 Å². The molecule has 1 N–H and O–H groups in total. The molecule has 2 rings (SSSR count). The van der Waals surface area contributed by atoms with Crippen LogP contribution >= 0.6 is 0 Å². The highest BCUT2D eigenvalue weighted by atomic mass is 32.2. The van der Waals surface area contributed by atoms with Crippen molar-refractivity contribution < 1.29 is 18.1 Å². The lowest BCUT2D eigenvalue weighted by molar-refractivity contribution is 0.200. The number of ether oxygens (including phenoxy) is 1. The van der Waals surface area contributed by atoms with Crippen molar-refractivity contribution in [1.82, 2.24) is 5.32 Å². The number of rotatable bonds is 4. The summed E-state index contributed by atoms with van der Waals surface area (Å²) in [5.41, 5.74) is 0.978. The Morgan fingerprint density at radius 2 is 2.09 bits per heavy atom. The van der Waals surface area contributed by atoms with Gasteiger partial charge in [-0.15, -0.1) is 0 Å². The first-order chi connectivity index (χ1) is 10.5. The number of amides is 1. The second kappa shape index (κ2) is 7.72. The van der Waals surface area contributed by atoms with Gasteiger partial charge in [0.2, 0.25) is 0 Å². The molecule has 1 aliphatic rings. The predicted octanol–water partition coefficient (Wildman–Crippen LogP) is 3.26. The van der Waals surface area contributed by atoms with Crippen LogP contribution in [-0.4, -0.2) is 28.4 Å². The molecule has 0 aliphatic carbocycles. The highest BCUT2D eigenvalue weighted by molar-refractivity contribution is 7.85. The zero-order valence-corrected chi connectivity index (χ0v) is 13.8. The van der Waals surface area contributed by atoms with Crippen molar-refractivity contribution in [3.63, 3.8) is 0 Å². The summed E-state index contributed by atoms with van der Waals surface area (Å²) in [5, 5.41) is 2.59. The minimum atomic E-state index is -0.762. The third-order valence-electron chi connectivity index (χ3n) is 3.92. The minimum Gasteiger partial charge on any atom is -0.410 e. The number of hydrogen-bond donors (Lipinski definition) is 1. The van der Waals surface area contributed by atoms with E-state index in [1.807, 2.05) is 6.92 Å². The molecule has 1 saturated heterocycles. The van der Waals surface area contributed by atoms with Crippen molar-refractivity contribution >= 4 is 16.9 Å². The van der Waals surface area contributed by atoms with Gasteiger partial charge < -0.3 is 10.1 Å². The summed E-state index contributed by atoms with van der Waals surface area (Å²) in [6.07, 6.45) is 1.72. The van der Waals surface area contributed by atoms with Gasteiger partial charge in [-0.1, -0.05) is 13.0 Å². The topological polar surface area (TPSA) is 55.4 Å². The molecule has 0 bridgehead atoms. The summed E-state index contributed by atoms with van der Waals surface area (Å²) >= 11 is 0. The minimum absolute atomic E-state index is 0.0966. The highest BCUT2D eigenvalue weighted by Gasteiger charge is 2.24. The van der Waals surface area contributed by atoms with Crippen LogP contribution in [0.2, 0.25) is 0 Å². The van der Waals surface area contributed by atoms with Crippen molar-refractivity contribution in [2.24, 2.45) is 0 Å². The SMILES string of the molecule is CCCNC(=O)Oc1ccc(C2CCS(=O)CC2)c(F)c1C. The Bertz CT molecular complexity index is 567. The van der Waals surface area contributed by atoms with Crippen LogP contribution in [0.25, 0.3) is 0 Å². The standard InChI is InChI=1S/C16H22FNO3S/c1-3-8-18-16(19)21-14-5-4-13(15(17)11(14)2)12-6-9-22(20)10-7-12/h4-5,12H,3,6-10H2,1-2H3,(H,18,19). The molecule has 0 atom stereocenters. The van der Waals surface area contributed by atoms with E-state index in [1.165, 1.54) is 0 Å². The third-order valence-corrected chi connectivity index (χ3v) is 5.30. The molecule has 1 aromatic rings. The number of nitrogens with one attached hydrogen (secondary N) is 1. The first-order valence-corrected chi connectivity index (χ1v) is 9.11. The molecule has 1 heterocycles. The first-order valence-electron chi connectivity index (χ1n) is 7.62. The van der Waals surface area contributed by atoms with Crippen molar-refractivity contribution in [2.45, 2.75) is 39.0 Å². The van der Waals surface area contributed by atoms with E-state index in [-0.39, 0.29) is 17.5 Å². The molecule has 1 aromatic carbocycles. The van der Waals surface area contributed by atoms with E-state index >= 15 is 0 Å². The maximum absolute atomic E-state index is 14.6. The lowest BCUT2D eigenvalue weighted by Gasteiger charge is -2.23. The summed E-state index contributed by atoms with van der Waals surface area (Å²) < 4.78 is 31.1. The molecule has 0 spiro atoms. The summed E-state index contributed by atoms with van der Waals surface area (Å²) in [5.74, 6) is 1.27. The average molecular weight is 327 g/mol. The largest absolute Gasteiger partial charge is 0.412 e. The summed E-state index contributed by atoms with van der Waals surface area (Å²) in [4.78, 5) is 11.6. The molecule has 0 saturated carbocycles. The lowest BCUT2D eigenvalue weighted by atomic mass is 9.91. The summed E-state index contributed by atoms with van der Waals surface area (Å²) in [6.45, 7) is 4.08. The number of benzene rings is 1. The van der Waals surface area contributed by atoms with E-state index in [0.29, 0.717) is 29.2 Å².